The van der Waals surface area contributed by atoms with Gasteiger partial charge >= 0.3 is 17.9 Å². The Morgan fingerprint density at radius 2 is 1.71 bits per heavy atom. The second kappa shape index (κ2) is 14.4. The van der Waals surface area contributed by atoms with Gasteiger partial charge in [0.25, 0.3) is 5.91 Å². The monoisotopic (exact) mass is 548 g/mol. The highest BCUT2D eigenvalue weighted by atomic mass is 32.2. The highest BCUT2D eigenvalue weighted by molar-refractivity contribution is 7.99. The number of carbonyl (C=O) groups is 4. The molecule has 0 fully saturated rings. The second-order valence-corrected chi connectivity index (χ2v) is 9.74. The van der Waals surface area contributed by atoms with Crippen LogP contribution in [0.5, 0.6) is 5.75 Å². The minimum absolute atomic E-state index is 0.208. The van der Waals surface area contributed by atoms with E-state index in [4.69, 9.17) is 24.8 Å². The summed E-state index contributed by atoms with van der Waals surface area (Å²) in [4.78, 5) is 49.6. The molecule has 3 N–H and O–H groups in total. The summed E-state index contributed by atoms with van der Waals surface area (Å²) in [5, 5.41) is 23.8. The van der Waals surface area contributed by atoms with E-state index in [1.807, 2.05) is 67.5 Å². The van der Waals surface area contributed by atoms with Crippen molar-refractivity contribution in [2.45, 2.75) is 35.7 Å². The SMILES string of the molecule is COc1ccc([C@@H]2Sc3ccccc3N(CCN(C)C)C(=O)[C@@H]2OC(C)=O)cc1.O=C(O)C[C@H](O)C(=O)O. The van der Waals surface area contributed by atoms with E-state index in [1.54, 1.807) is 23.8 Å². The lowest BCUT2D eigenvalue weighted by Gasteiger charge is -2.28. The molecule has 0 radical (unpaired) electrons. The number of likely N-dealkylation sites (N-methyl/N-ethyl adjacent to an activating group) is 1. The summed E-state index contributed by atoms with van der Waals surface area (Å²) < 4.78 is 10.8. The fraction of sp³-hybridized carbons (Fsp3) is 0.385. The average Bonchev–Trinajstić information content (AvgIpc) is 2.97. The van der Waals surface area contributed by atoms with Crippen molar-refractivity contribution in [2.75, 3.05) is 39.2 Å². The summed E-state index contributed by atoms with van der Waals surface area (Å²) in [5.41, 5.74) is 1.75. The molecule has 3 rings (SSSR count). The van der Waals surface area contributed by atoms with E-state index in [2.05, 4.69) is 0 Å². The number of fused-ring (bicyclic) bond motifs is 1. The number of benzene rings is 2. The summed E-state index contributed by atoms with van der Waals surface area (Å²) in [5.74, 6) is -2.79. The van der Waals surface area contributed by atoms with Crippen molar-refractivity contribution in [3.05, 3.63) is 54.1 Å². The molecule has 1 aliphatic heterocycles. The number of carboxylic acid groups (broad SMARTS) is 2. The molecular weight excluding hydrogens is 516 g/mol. The standard InChI is InChI=1S/C22H26N2O4S.C4H6O5/c1-15(25)28-20-21(16-9-11-17(27-4)12-10-16)29-19-8-6-5-7-18(19)24(22(20)26)14-13-23(2)3;5-2(4(8)9)1-3(6)7/h5-12,20-21H,13-14H2,1-4H3;2,5H,1H2,(H,6,7)(H,8,9)/t20-,21+;2-/m10/s1. The van der Waals surface area contributed by atoms with Crippen molar-refractivity contribution >= 4 is 41.3 Å². The number of aliphatic hydroxyl groups is 1. The van der Waals surface area contributed by atoms with Crippen LogP contribution in [0.1, 0.15) is 24.2 Å². The van der Waals surface area contributed by atoms with E-state index in [0.29, 0.717) is 13.1 Å². The molecule has 3 atom stereocenters. The van der Waals surface area contributed by atoms with Gasteiger partial charge < -0.3 is 34.6 Å². The number of hydrogen-bond acceptors (Lipinski definition) is 9. The number of aliphatic hydroxyl groups excluding tert-OH is 1. The molecule has 0 spiro atoms. The van der Waals surface area contributed by atoms with E-state index < -0.39 is 36.5 Å². The number of carbonyl (C=O) groups excluding carboxylic acids is 2. The molecule has 2 aromatic carbocycles. The molecule has 0 bridgehead atoms. The van der Waals surface area contributed by atoms with Gasteiger partial charge in [-0.25, -0.2) is 4.79 Å². The molecule has 1 aliphatic rings. The first kappa shape index (κ1) is 30.6. The smallest absolute Gasteiger partial charge is 0.333 e. The third kappa shape index (κ3) is 8.75. The Morgan fingerprint density at radius 3 is 2.21 bits per heavy atom. The van der Waals surface area contributed by atoms with Crippen LogP contribution in [0.15, 0.2) is 53.4 Å². The highest BCUT2D eigenvalue weighted by Gasteiger charge is 2.40. The zero-order chi connectivity index (χ0) is 28.4. The Balaban J connectivity index is 0.000000484. The zero-order valence-electron chi connectivity index (χ0n) is 21.6. The van der Waals surface area contributed by atoms with Crippen molar-refractivity contribution in [3.63, 3.8) is 0 Å². The van der Waals surface area contributed by atoms with Crippen molar-refractivity contribution in [2.24, 2.45) is 0 Å². The molecule has 0 saturated heterocycles. The lowest BCUT2D eigenvalue weighted by molar-refractivity contribution is -0.153. The number of rotatable bonds is 9. The Labute approximate surface area is 224 Å². The maximum atomic E-state index is 13.6. The number of para-hydroxylation sites is 1. The van der Waals surface area contributed by atoms with E-state index >= 15 is 0 Å². The lowest BCUT2D eigenvalue weighted by atomic mass is 10.1. The number of esters is 1. The number of methoxy groups -OCH3 is 1. The number of ether oxygens (including phenoxy) is 2. The summed E-state index contributed by atoms with van der Waals surface area (Å²) >= 11 is 1.54. The predicted octanol–water partition coefficient (Wildman–Crippen LogP) is 2.28. The van der Waals surface area contributed by atoms with Crippen LogP contribution in [-0.4, -0.2) is 90.5 Å². The Hall–Kier alpha value is -3.61. The third-order valence-corrected chi connectivity index (χ3v) is 6.73. The van der Waals surface area contributed by atoms with Crippen molar-refractivity contribution in [3.8, 4) is 5.75 Å². The van der Waals surface area contributed by atoms with Gasteiger partial charge in [0.05, 0.1) is 24.5 Å². The minimum Gasteiger partial charge on any atom is -0.497 e. The van der Waals surface area contributed by atoms with Crippen LogP contribution in [-0.2, 0) is 23.9 Å². The largest absolute Gasteiger partial charge is 0.497 e. The van der Waals surface area contributed by atoms with Gasteiger partial charge in [-0.3, -0.25) is 14.4 Å². The second-order valence-electron chi connectivity index (χ2n) is 8.55. The molecule has 1 amide bonds. The van der Waals surface area contributed by atoms with Gasteiger partial charge in [0.2, 0.25) is 0 Å². The first-order chi connectivity index (χ1) is 17.9. The van der Waals surface area contributed by atoms with Gasteiger partial charge in [-0.1, -0.05) is 24.3 Å². The molecule has 0 unspecified atom stereocenters. The number of nitrogens with zero attached hydrogens (tertiary/aromatic N) is 2. The number of amides is 1. The molecule has 12 heteroatoms. The Kier molecular flexibility index (Phi) is 11.6. The third-order valence-electron chi connectivity index (χ3n) is 5.36. The van der Waals surface area contributed by atoms with E-state index in [0.717, 1.165) is 21.9 Å². The van der Waals surface area contributed by atoms with Gasteiger partial charge in [0.1, 0.15) is 5.75 Å². The van der Waals surface area contributed by atoms with Crippen LogP contribution in [0, 0.1) is 0 Å². The minimum atomic E-state index is -1.79. The van der Waals surface area contributed by atoms with Crippen LogP contribution < -0.4 is 9.64 Å². The van der Waals surface area contributed by atoms with Gasteiger partial charge in [-0.2, -0.15) is 0 Å². The van der Waals surface area contributed by atoms with Gasteiger partial charge in [0.15, 0.2) is 12.2 Å². The van der Waals surface area contributed by atoms with Gasteiger partial charge in [-0.05, 0) is 43.9 Å². The topological polar surface area (TPSA) is 154 Å². The molecule has 206 valence electrons. The fourth-order valence-corrected chi connectivity index (χ4v) is 4.81. The van der Waals surface area contributed by atoms with Crippen LogP contribution in [0.3, 0.4) is 0 Å². The summed E-state index contributed by atoms with van der Waals surface area (Å²) in [6.45, 7) is 2.55. The van der Waals surface area contributed by atoms with E-state index in [-0.39, 0.29) is 11.2 Å². The van der Waals surface area contributed by atoms with Crippen molar-refractivity contribution in [1.29, 1.82) is 0 Å². The van der Waals surface area contributed by atoms with Gasteiger partial charge in [-0.15, -0.1) is 11.8 Å². The van der Waals surface area contributed by atoms with E-state index in [9.17, 15) is 19.2 Å². The number of anilines is 1. The number of aliphatic carboxylic acids is 2. The molecule has 11 nitrogen and oxygen atoms in total. The normalized spacial score (nSPS) is 17.4. The quantitative estimate of drug-likeness (QED) is 0.395. The summed E-state index contributed by atoms with van der Waals surface area (Å²) in [6, 6.07) is 15.4. The predicted molar refractivity (Wildman–Crippen MR) is 140 cm³/mol. The molecule has 2 aromatic rings. The average molecular weight is 549 g/mol. The fourth-order valence-electron chi connectivity index (χ4n) is 3.49. The molecule has 0 aliphatic carbocycles. The molecule has 1 heterocycles. The molecular formula is C26H32N2O9S. The van der Waals surface area contributed by atoms with Crippen molar-refractivity contribution < 1.29 is 44.0 Å². The van der Waals surface area contributed by atoms with Crippen LogP contribution in [0.2, 0.25) is 0 Å². The van der Waals surface area contributed by atoms with Crippen molar-refractivity contribution in [1.82, 2.24) is 4.90 Å². The first-order valence-corrected chi connectivity index (χ1v) is 12.5. The maximum absolute atomic E-state index is 13.6. The first-order valence-electron chi connectivity index (χ1n) is 11.6. The van der Waals surface area contributed by atoms with E-state index in [1.165, 1.54) is 6.92 Å². The summed E-state index contributed by atoms with van der Waals surface area (Å²) in [6.07, 6.45) is -3.46. The van der Waals surface area contributed by atoms with Crippen LogP contribution >= 0.6 is 11.8 Å². The number of thioether (sulfide) groups is 1. The Morgan fingerprint density at radius 1 is 1.08 bits per heavy atom. The number of hydrogen-bond donors (Lipinski definition) is 3. The molecule has 38 heavy (non-hydrogen) atoms. The zero-order valence-corrected chi connectivity index (χ0v) is 22.4. The van der Waals surface area contributed by atoms with Crippen LogP contribution in [0.25, 0.3) is 0 Å². The lowest BCUT2D eigenvalue weighted by Crippen LogP contribution is -2.45. The maximum Gasteiger partial charge on any atom is 0.333 e. The molecule has 0 saturated carbocycles. The Bertz CT molecular complexity index is 1120. The number of carboxylic acids is 2. The summed E-state index contributed by atoms with van der Waals surface area (Å²) in [7, 11) is 5.54. The van der Waals surface area contributed by atoms with Crippen LogP contribution in [0.4, 0.5) is 5.69 Å². The highest BCUT2D eigenvalue weighted by Crippen LogP contribution is 2.46. The van der Waals surface area contributed by atoms with Gasteiger partial charge in [0, 0.05) is 24.9 Å². The molecule has 0 aromatic heterocycles.